The number of hydrogen-bond donors (Lipinski definition) is 3. The molecule has 2 heterocycles. The maximum absolute atomic E-state index is 9.18. The van der Waals surface area contributed by atoms with Crippen molar-refractivity contribution in [3.8, 4) is 0 Å². The van der Waals surface area contributed by atoms with Gasteiger partial charge in [0.25, 0.3) is 0 Å². The molecule has 3 nitrogen and oxygen atoms in total. The molecule has 0 spiro atoms. The fourth-order valence-electron chi connectivity index (χ4n) is 1.81. The summed E-state index contributed by atoms with van der Waals surface area (Å²) in [6.45, 7) is -0.106. The molecule has 0 fully saturated rings. The van der Waals surface area contributed by atoms with Gasteiger partial charge < -0.3 is 15.5 Å². The number of aliphatic hydroxyl groups excluding tert-OH is 2. The second-order valence-corrected chi connectivity index (χ2v) is 6.09. The first kappa shape index (κ1) is 13.7. The van der Waals surface area contributed by atoms with Crippen molar-refractivity contribution in [1.29, 1.82) is 0 Å². The van der Waals surface area contributed by atoms with Crippen LogP contribution in [0.1, 0.15) is 15.8 Å². The minimum absolute atomic E-state index is 0.0528. The van der Waals surface area contributed by atoms with Crippen LogP contribution in [-0.2, 0) is 6.42 Å². The molecule has 2 aromatic heterocycles. The van der Waals surface area contributed by atoms with Gasteiger partial charge in [0.2, 0.25) is 0 Å². The van der Waals surface area contributed by atoms with Crippen LogP contribution in [0.2, 0.25) is 0 Å². The third-order valence-electron chi connectivity index (χ3n) is 2.75. The number of hydrogen-bond acceptors (Lipinski definition) is 5. The molecule has 0 aliphatic rings. The Morgan fingerprint density at radius 1 is 1.06 bits per heavy atom. The van der Waals surface area contributed by atoms with Crippen molar-refractivity contribution in [2.45, 2.75) is 18.5 Å². The van der Waals surface area contributed by atoms with Gasteiger partial charge in [-0.2, -0.15) is 0 Å². The highest BCUT2D eigenvalue weighted by atomic mass is 32.1. The summed E-state index contributed by atoms with van der Waals surface area (Å²) in [5, 5.41) is 25.8. The van der Waals surface area contributed by atoms with Crippen molar-refractivity contribution >= 4 is 22.7 Å². The van der Waals surface area contributed by atoms with E-state index in [0.29, 0.717) is 0 Å². The van der Waals surface area contributed by atoms with Crippen molar-refractivity contribution < 1.29 is 10.2 Å². The molecule has 0 amide bonds. The van der Waals surface area contributed by atoms with E-state index in [2.05, 4.69) is 22.8 Å². The molecule has 3 N–H and O–H groups in total. The second kappa shape index (κ2) is 7.01. The van der Waals surface area contributed by atoms with Gasteiger partial charge in [-0.05, 0) is 22.9 Å². The Hall–Kier alpha value is -0.720. The average Bonchev–Trinajstić information content (AvgIpc) is 3.06. The summed E-state index contributed by atoms with van der Waals surface area (Å²) < 4.78 is 0. The molecule has 0 aliphatic heterocycles. The SMILES string of the molecule is OCC(CO)NC(Cc1cccs1)c1cccs1. The van der Waals surface area contributed by atoms with Gasteiger partial charge in [0, 0.05) is 22.2 Å². The highest BCUT2D eigenvalue weighted by Crippen LogP contribution is 2.25. The lowest BCUT2D eigenvalue weighted by molar-refractivity contribution is 0.162. The Labute approximate surface area is 115 Å². The molecule has 0 radical (unpaired) electrons. The summed E-state index contributed by atoms with van der Waals surface area (Å²) >= 11 is 3.43. The number of rotatable bonds is 7. The predicted molar refractivity (Wildman–Crippen MR) is 76.2 cm³/mol. The number of nitrogens with one attached hydrogen (secondary N) is 1. The van der Waals surface area contributed by atoms with Crippen LogP contribution in [0.25, 0.3) is 0 Å². The van der Waals surface area contributed by atoms with E-state index in [-0.39, 0.29) is 25.3 Å². The first-order chi connectivity index (χ1) is 8.83. The van der Waals surface area contributed by atoms with Gasteiger partial charge in [-0.3, -0.25) is 0 Å². The molecule has 0 aliphatic carbocycles. The van der Waals surface area contributed by atoms with Gasteiger partial charge in [-0.1, -0.05) is 12.1 Å². The average molecular weight is 283 g/mol. The van der Waals surface area contributed by atoms with E-state index in [9.17, 15) is 10.2 Å². The molecular formula is C13H17NO2S2. The van der Waals surface area contributed by atoms with E-state index in [0.717, 1.165) is 6.42 Å². The largest absolute Gasteiger partial charge is 0.395 e. The normalized spacial score (nSPS) is 13.1. The maximum Gasteiger partial charge on any atom is 0.0607 e. The van der Waals surface area contributed by atoms with Gasteiger partial charge >= 0.3 is 0 Å². The van der Waals surface area contributed by atoms with Gasteiger partial charge in [0.15, 0.2) is 0 Å². The van der Waals surface area contributed by atoms with E-state index < -0.39 is 0 Å². The van der Waals surface area contributed by atoms with Crippen LogP contribution in [0.4, 0.5) is 0 Å². The van der Waals surface area contributed by atoms with E-state index in [4.69, 9.17) is 0 Å². The van der Waals surface area contributed by atoms with Crippen LogP contribution >= 0.6 is 22.7 Å². The standard InChI is InChI=1S/C13H17NO2S2/c15-8-10(9-16)14-12(13-4-2-6-18-13)7-11-3-1-5-17-11/h1-6,10,12,14-16H,7-9H2. The molecule has 0 saturated heterocycles. The molecule has 1 unspecified atom stereocenters. The van der Waals surface area contributed by atoms with Crippen LogP contribution in [0.5, 0.6) is 0 Å². The topological polar surface area (TPSA) is 52.5 Å². The van der Waals surface area contributed by atoms with Crippen molar-refractivity contribution in [1.82, 2.24) is 5.32 Å². The highest BCUT2D eigenvalue weighted by Gasteiger charge is 2.17. The Balaban J connectivity index is 2.08. The first-order valence-electron chi connectivity index (χ1n) is 5.87. The summed E-state index contributed by atoms with van der Waals surface area (Å²) in [4.78, 5) is 2.53. The van der Waals surface area contributed by atoms with Crippen LogP contribution in [0.3, 0.4) is 0 Å². The molecule has 0 bridgehead atoms. The lowest BCUT2D eigenvalue weighted by Gasteiger charge is -2.22. The summed E-state index contributed by atoms with van der Waals surface area (Å²) in [7, 11) is 0. The molecule has 0 saturated carbocycles. The second-order valence-electron chi connectivity index (χ2n) is 4.08. The maximum atomic E-state index is 9.18. The van der Waals surface area contributed by atoms with Gasteiger partial charge in [0.05, 0.1) is 19.3 Å². The van der Waals surface area contributed by atoms with Gasteiger partial charge in [-0.25, -0.2) is 0 Å². The van der Waals surface area contributed by atoms with E-state index in [1.165, 1.54) is 9.75 Å². The van der Waals surface area contributed by atoms with Crippen LogP contribution in [-0.4, -0.2) is 29.5 Å². The number of aliphatic hydroxyl groups is 2. The minimum Gasteiger partial charge on any atom is -0.395 e. The van der Waals surface area contributed by atoms with Crippen LogP contribution in [0, 0.1) is 0 Å². The summed E-state index contributed by atoms with van der Waals surface area (Å²) in [6, 6.07) is 8.14. The third kappa shape index (κ3) is 3.63. The zero-order valence-corrected chi connectivity index (χ0v) is 11.6. The van der Waals surface area contributed by atoms with E-state index >= 15 is 0 Å². The predicted octanol–water partition coefficient (Wildman–Crippen LogP) is 2.04. The summed E-state index contributed by atoms with van der Waals surface area (Å²) in [5.41, 5.74) is 0. The molecule has 2 rings (SSSR count). The quantitative estimate of drug-likeness (QED) is 0.729. The fraction of sp³-hybridized carbons (Fsp3) is 0.385. The van der Waals surface area contributed by atoms with Crippen molar-refractivity contribution in [2.24, 2.45) is 0 Å². The fourth-order valence-corrected chi connectivity index (χ4v) is 3.35. The summed E-state index contributed by atoms with van der Waals surface area (Å²) in [6.07, 6.45) is 0.884. The zero-order valence-electron chi connectivity index (χ0n) is 9.95. The molecular weight excluding hydrogens is 266 g/mol. The zero-order chi connectivity index (χ0) is 12.8. The van der Waals surface area contributed by atoms with E-state index in [1.807, 2.05) is 17.5 Å². The molecule has 0 aromatic carbocycles. The Bertz CT molecular complexity index is 424. The molecule has 18 heavy (non-hydrogen) atoms. The van der Waals surface area contributed by atoms with Gasteiger partial charge in [-0.15, -0.1) is 22.7 Å². The molecule has 5 heteroatoms. The van der Waals surface area contributed by atoms with Gasteiger partial charge in [0.1, 0.15) is 0 Å². The Morgan fingerprint density at radius 2 is 1.78 bits per heavy atom. The highest BCUT2D eigenvalue weighted by molar-refractivity contribution is 7.10. The lowest BCUT2D eigenvalue weighted by atomic mass is 10.1. The van der Waals surface area contributed by atoms with Crippen molar-refractivity contribution in [2.75, 3.05) is 13.2 Å². The Kier molecular flexibility index (Phi) is 5.34. The monoisotopic (exact) mass is 283 g/mol. The first-order valence-corrected chi connectivity index (χ1v) is 7.63. The molecule has 2 aromatic rings. The lowest BCUT2D eigenvalue weighted by Crippen LogP contribution is -2.38. The smallest absolute Gasteiger partial charge is 0.0607 e. The van der Waals surface area contributed by atoms with Crippen LogP contribution in [0.15, 0.2) is 35.0 Å². The third-order valence-corrected chi connectivity index (χ3v) is 4.63. The van der Waals surface area contributed by atoms with Crippen molar-refractivity contribution in [3.63, 3.8) is 0 Å². The Morgan fingerprint density at radius 3 is 2.33 bits per heavy atom. The van der Waals surface area contributed by atoms with Crippen molar-refractivity contribution in [3.05, 3.63) is 44.8 Å². The van der Waals surface area contributed by atoms with E-state index in [1.54, 1.807) is 22.7 Å². The minimum atomic E-state index is -0.267. The molecule has 98 valence electrons. The number of thiophene rings is 2. The molecule has 1 atom stereocenters. The van der Waals surface area contributed by atoms with Crippen LogP contribution < -0.4 is 5.32 Å². The summed E-state index contributed by atoms with van der Waals surface area (Å²) in [5.74, 6) is 0.